The molecule has 1 aliphatic carbocycles. The van der Waals surface area contributed by atoms with E-state index in [-0.39, 0.29) is 0 Å². The summed E-state index contributed by atoms with van der Waals surface area (Å²) < 4.78 is 0. The highest BCUT2D eigenvalue weighted by Crippen LogP contribution is 2.29. The van der Waals surface area contributed by atoms with Gasteiger partial charge in [-0.3, -0.25) is 0 Å². The molecule has 4 heteroatoms. The van der Waals surface area contributed by atoms with Crippen LogP contribution in [0.5, 0.6) is 0 Å². The molecule has 0 saturated heterocycles. The van der Waals surface area contributed by atoms with E-state index in [0.29, 0.717) is 18.3 Å². The largest absolute Gasteiger partial charge is 0.409 e. The third-order valence-corrected chi connectivity index (χ3v) is 3.75. The molecule has 104 valence electrons. The van der Waals surface area contributed by atoms with Crippen molar-refractivity contribution < 1.29 is 5.21 Å². The normalized spacial score (nSPS) is 19.2. The van der Waals surface area contributed by atoms with Gasteiger partial charge in [0.15, 0.2) is 0 Å². The Hall–Kier alpha value is -1.55. The summed E-state index contributed by atoms with van der Waals surface area (Å²) >= 11 is 0. The summed E-state index contributed by atoms with van der Waals surface area (Å²) in [5, 5.41) is 15.1. The van der Waals surface area contributed by atoms with Crippen molar-refractivity contribution in [3.05, 3.63) is 35.4 Å². The Kier molecular flexibility index (Phi) is 5.21. The number of nitrogens with zero attached hydrogens (tertiary/aromatic N) is 1. The molecule has 1 unspecified atom stereocenters. The van der Waals surface area contributed by atoms with Crippen LogP contribution in [0.15, 0.2) is 29.4 Å². The maximum atomic E-state index is 8.45. The second-order valence-electron chi connectivity index (χ2n) is 5.15. The molecule has 0 radical (unpaired) electrons. The van der Waals surface area contributed by atoms with E-state index in [1.807, 2.05) is 0 Å². The third-order valence-electron chi connectivity index (χ3n) is 3.75. The van der Waals surface area contributed by atoms with Gasteiger partial charge in [0, 0.05) is 12.5 Å². The number of aryl methyl sites for hydroxylation is 1. The van der Waals surface area contributed by atoms with Gasteiger partial charge in [-0.1, -0.05) is 29.4 Å². The average Bonchev–Trinajstić information content (AvgIpc) is 2.46. The Morgan fingerprint density at radius 1 is 1.37 bits per heavy atom. The lowest BCUT2D eigenvalue weighted by molar-refractivity contribution is 0.316. The molecular formula is C15H23N3O. The molecule has 4 N–H and O–H groups in total. The first-order valence-corrected chi connectivity index (χ1v) is 7.09. The quantitative estimate of drug-likeness (QED) is 0.242. The Balaban J connectivity index is 1.75. The first-order valence-electron chi connectivity index (χ1n) is 7.09. The lowest BCUT2D eigenvalue weighted by Gasteiger charge is -2.26. The minimum atomic E-state index is 0.322. The number of rotatable bonds is 6. The van der Waals surface area contributed by atoms with Gasteiger partial charge in [0.25, 0.3) is 0 Å². The first-order chi connectivity index (χ1) is 9.31. The van der Waals surface area contributed by atoms with E-state index in [4.69, 9.17) is 10.9 Å². The highest BCUT2D eigenvalue weighted by molar-refractivity contribution is 5.79. The molecule has 0 fully saturated rings. The number of oxime groups is 1. The van der Waals surface area contributed by atoms with Gasteiger partial charge in [-0.15, -0.1) is 0 Å². The number of benzene rings is 1. The van der Waals surface area contributed by atoms with Crippen molar-refractivity contribution in [1.82, 2.24) is 5.32 Å². The molecule has 0 amide bonds. The fourth-order valence-electron chi connectivity index (χ4n) is 2.72. The summed E-state index contributed by atoms with van der Waals surface area (Å²) in [5.74, 6) is 0.322. The minimum absolute atomic E-state index is 0.322. The van der Waals surface area contributed by atoms with Gasteiger partial charge in [0.2, 0.25) is 0 Å². The second kappa shape index (κ2) is 7.14. The number of fused-ring (bicyclic) bond motifs is 1. The van der Waals surface area contributed by atoms with Crippen LogP contribution in [0.2, 0.25) is 0 Å². The van der Waals surface area contributed by atoms with Crippen LogP contribution in [0.1, 0.15) is 49.3 Å². The third kappa shape index (κ3) is 3.96. The smallest absolute Gasteiger partial charge is 0.139 e. The first kappa shape index (κ1) is 13.9. The molecule has 0 heterocycles. The predicted molar refractivity (Wildman–Crippen MR) is 77.4 cm³/mol. The van der Waals surface area contributed by atoms with Crippen LogP contribution in [-0.2, 0) is 6.42 Å². The van der Waals surface area contributed by atoms with Crippen LogP contribution < -0.4 is 11.1 Å². The van der Waals surface area contributed by atoms with E-state index >= 15 is 0 Å². The number of nitrogens with one attached hydrogen (secondary N) is 1. The zero-order valence-corrected chi connectivity index (χ0v) is 11.3. The van der Waals surface area contributed by atoms with Crippen LogP contribution in [0, 0.1) is 0 Å². The van der Waals surface area contributed by atoms with E-state index in [2.05, 4.69) is 34.7 Å². The number of unbranched alkanes of at least 4 members (excludes halogenated alkanes) is 1. The van der Waals surface area contributed by atoms with E-state index < -0.39 is 0 Å². The Morgan fingerprint density at radius 2 is 2.21 bits per heavy atom. The molecule has 1 aromatic rings. The van der Waals surface area contributed by atoms with E-state index in [0.717, 1.165) is 19.4 Å². The topological polar surface area (TPSA) is 70.6 Å². The Morgan fingerprint density at radius 3 is 3.05 bits per heavy atom. The molecule has 4 nitrogen and oxygen atoms in total. The van der Waals surface area contributed by atoms with Gasteiger partial charge in [0.1, 0.15) is 5.84 Å². The summed E-state index contributed by atoms with van der Waals surface area (Å²) in [6.45, 7) is 0.984. The standard InChI is InChI=1S/C15H23N3O/c16-15(18-19)10-3-4-11-17-14-9-5-7-12-6-1-2-8-13(12)14/h1-2,6,8,14,17,19H,3-5,7,9-11H2,(H2,16,18). The molecule has 0 bridgehead atoms. The molecule has 1 aliphatic rings. The van der Waals surface area contributed by atoms with Gasteiger partial charge in [0.05, 0.1) is 0 Å². The van der Waals surface area contributed by atoms with Gasteiger partial charge < -0.3 is 16.3 Å². The highest BCUT2D eigenvalue weighted by Gasteiger charge is 2.18. The van der Waals surface area contributed by atoms with Gasteiger partial charge in [-0.05, 0) is 49.8 Å². The van der Waals surface area contributed by atoms with E-state index in [1.54, 1.807) is 0 Å². The molecule has 0 aliphatic heterocycles. The molecule has 0 saturated carbocycles. The average molecular weight is 261 g/mol. The van der Waals surface area contributed by atoms with Crippen LogP contribution in [0.25, 0.3) is 0 Å². The lowest BCUT2D eigenvalue weighted by Crippen LogP contribution is -2.26. The summed E-state index contributed by atoms with van der Waals surface area (Å²) in [7, 11) is 0. The maximum absolute atomic E-state index is 8.45. The number of nitrogens with two attached hydrogens (primary N) is 1. The second-order valence-corrected chi connectivity index (χ2v) is 5.15. The van der Waals surface area contributed by atoms with Crippen molar-refractivity contribution in [3.8, 4) is 0 Å². The van der Waals surface area contributed by atoms with Crippen molar-refractivity contribution in [2.24, 2.45) is 10.9 Å². The van der Waals surface area contributed by atoms with Crippen LogP contribution in [0.3, 0.4) is 0 Å². The van der Waals surface area contributed by atoms with Crippen molar-refractivity contribution in [1.29, 1.82) is 0 Å². The van der Waals surface area contributed by atoms with Gasteiger partial charge >= 0.3 is 0 Å². The monoisotopic (exact) mass is 261 g/mol. The molecule has 1 atom stereocenters. The zero-order chi connectivity index (χ0) is 13.5. The zero-order valence-electron chi connectivity index (χ0n) is 11.3. The summed E-state index contributed by atoms with van der Waals surface area (Å²) in [6.07, 6.45) is 6.36. The fourth-order valence-corrected chi connectivity index (χ4v) is 2.72. The Labute approximate surface area is 114 Å². The molecular weight excluding hydrogens is 238 g/mol. The fraction of sp³-hybridized carbons (Fsp3) is 0.533. The van der Waals surface area contributed by atoms with E-state index in [9.17, 15) is 0 Å². The van der Waals surface area contributed by atoms with Crippen molar-refractivity contribution >= 4 is 5.84 Å². The number of amidine groups is 1. The SMILES string of the molecule is NC(CCCCNC1CCCc2ccccc21)=NO. The lowest BCUT2D eigenvalue weighted by atomic mass is 9.88. The number of hydrogen-bond donors (Lipinski definition) is 3. The maximum Gasteiger partial charge on any atom is 0.139 e. The summed E-state index contributed by atoms with van der Waals surface area (Å²) in [4.78, 5) is 0. The Bertz CT molecular complexity index is 431. The summed E-state index contributed by atoms with van der Waals surface area (Å²) in [5.41, 5.74) is 8.39. The summed E-state index contributed by atoms with van der Waals surface area (Å²) in [6, 6.07) is 9.22. The van der Waals surface area contributed by atoms with Crippen molar-refractivity contribution in [2.75, 3.05) is 6.54 Å². The molecule has 0 spiro atoms. The van der Waals surface area contributed by atoms with Crippen molar-refractivity contribution in [3.63, 3.8) is 0 Å². The molecule has 1 aromatic carbocycles. The van der Waals surface area contributed by atoms with Crippen LogP contribution >= 0.6 is 0 Å². The van der Waals surface area contributed by atoms with Crippen molar-refractivity contribution in [2.45, 2.75) is 44.6 Å². The van der Waals surface area contributed by atoms with Crippen LogP contribution in [-0.4, -0.2) is 17.6 Å². The predicted octanol–water partition coefficient (Wildman–Crippen LogP) is 2.57. The minimum Gasteiger partial charge on any atom is -0.409 e. The highest BCUT2D eigenvalue weighted by atomic mass is 16.4. The van der Waals surface area contributed by atoms with Gasteiger partial charge in [-0.2, -0.15) is 0 Å². The van der Waals surface area contributed by atoms with Gasteiger partial charge in [-0.25, -0.2) is 0 Å². The van der Waals surface area contributed by atoms with Crippen LogP contribution in [0.4, 0.5) is 0 Å². The molecule has 2 rings (SSSR count). The number of hydrogen-bond acceptors (Lipinski definition) is 3. The van der Waals surface area contributed by atoms with E-state index in [1.165, 1.54) is 30.4 Å². The molecule has 19 heavy (non-hydrogen) atoms. The molecule has 0 aromatic heterocycles.